The second-order valence-electron chi connectivity index (χ2n) is 4.44. The van der Waals surface area contributed by atoms with Gasteiger partial charge in [0.05, 0.1) is 15.6 Å². The molecule has 0 bridgehead atoms. The monoisotopic (exact) mass is 310 g/mol. The molecule has 0 amide bonds. The van der Waals surface area contributed by atoms with Crippen LogP contribution in [0.3, 0.4) is 0 Å². The van der Waals surface area contributed by atoms with Crippen molar-refractivity contribution in [2.45, 2.75) is 17.9 Å². The summed E-state index contributed by atoms with van der Waals surface area (Å²) in [5.74, 6) is 0. The van der Waals surface area contributed by atoms with Gasteiger partial charge < -0.3 is 5.73 Å². The van der Waals surface area contributed by atoms with Crippen LogP contribution in [0.2, 0.25) is 5.02 Å². The number of nitrogens with one attached hydrogen (secondary N) is 1. The van der Waals surface area contributed by atoms with E-state index in [-0.39, 0.29) is 16.0 Å². The third-order valence-electron chi connectivity index (χ3n) is 2.91. The Morgan fingerprint density at radius 1 is 1.15 bits per heavy atom. The largest absolute Gasteiger partial charge is 0.398 e. The topological polar surface area (TPSA) is 72.2 Å². The fourth-order valence-corrected chi connectivity index (χ4v) is 3.29. The molecule has 3 N–H and O–H groups in total. The zero-order valence-corrected chi connectivity index (χ0v) is 12.4. The van der Waals surface area contributed by atoms with Crippen LogP contribution >= 0.6 is 11.6 Å². The summed E-state index contributed by atoms with van der Waals surface area (Å²) < 4.78 is 27.1. The van der Waals surface area contributed by atoms with Crippen molar-refractivity contribution in [3.63, 3.8) is 0 Å². The summed E-state index contributed by atoms with van der Waals surface area (Å²) in [5, 5.41) is 0.222. The predicted octanol–water partition coefficient (Wildman–Crippen LogP) is 2.96. The van der Waals surface area contributed by atoms with Crippen molar-refractivity contribution in [1.29, 1.82) is 0 Å². The molecule has 6 heteroatoms. The van der Waals surface area contributed by atoms with Crippen molar-refractivity contribution >= 4 is 27.3 Å². The first-order valence-corrected chi connectivity index (χ1v) is 7.88. The number of nitrogen functional groups attached to an aromatic ring is 1. The van der Waals surface area contributed by atoms with Crippen LogP contribution in [0, 0.1) is 0 Å². The van der Waals surface area contributed by atoms with Gasteiger partial charge in [-0.1, -0.05) is 41.9 Å². The average molecular weight is 311 g/mol. The SMILES string of the molecule is CC(NS(=O)(=O)c1ccc(N)c(Cl)c1)c1ccccc1. The van der Waals surface area contributed by atoms with Gasteiger partial charge in [0.15, 0.2) is 0 Å². The van der Waals surface area contributed by atoms with Crippen molar-refractivity contribution in [3.8, 4) is 0 Å². The van der Waals surface area contributed by atoms with E-state index in [0.29, 0.717) is 5.69 Å². The first-order chi connectivity index (χ1) is 9.40. The third kappa shape index (κ3) is 3.30. The Bertz CT molecular complexity index is 702. The highest BCUT2D eigenvalue weighted by Crippen LogP contribution is 2.23. The molecule has 2 rings (SSSR count). The van der Waals surface area contributed by atoms with Crippen LogP contribution in [0.5, 0.6) is 0 Å². The van der Waals surface area contributed by atoms with Crippen LogP contribution in [0.1, 0.15) is 18.5 Å². The van der Waals surface area contributed by atoms with Crippen LogP contribution in [0.15, 0.2) is 53.4 Å². The van der Waals surface area contributed by atoms with Gasteiger partial charge in [-0.25, -0.2) is 13.1 Å². The number of rotatable bonds is 4. The van der Waals surface area contributed by atoms with Crippen molar-refractivity contribution in [1.82, 2.24) is 4.72 Å². The van der Waals surface area contributed by atoms with E-state index in [4.69, 9.17) is 17.3 Å². The number of sulfonamides is 1. The highest BCUT2D eigenvalue weighted by molar-refractivity contribution is 7.89. The molecule has 2 aromatic carbocycles. The molecule has 0 heterocycles. The smallest absolute Gasteiger partial charge is 0.241 e. The summed E-state index contributed by atoms with van der Waals surface area (Å²) in [6.07, 6.45) is 0. The summed E-state index contributed by atoms with van der Waals surface area (Å²) in [6, 6.07) is 13.2. The van der Waals surface area contributed by atoms with E-state index in [1.54, 1.807) is 6.92 Å². The van der Waals surface area contributed by atoms with Gasteiger partial charge in [0.25, 0.3) is 0 Å². The molecule has 0 aliphatic carbocycles. The highest BCUT2D eigenvalue weighted by atomic mass is 35.5. The summed E-state index contributed by atoms with van der Waals surface area (Å²) >= 11 is 5.86. The molecule has 0 fully saturated rings. The molecule has 1 atom stereocenters. The fourth-order valence-electron chi connectivity index (χ4n) is 1.79. The highest BCUT2D eigenvalue weighted by Gasteiger charge is 2.19. The van der Waals surface area contributed by atoms with E-state index in [1.807, 2.05) is 30.3 Å². The standard InChI is InChI=1S/C14H15ClN2O2S/c1-10(11-5-3-2-4-6-11)17-20(18,19)12-7-8-14(16)13(15)9-12/h2-10,17H,16H2,1H3. The number of anilines is 1. The number of benzene rings is 2. The average Bonchev–Trinajstić information content (AvgIpc) is 2.42. The lowest BCUT2D eigenvalue weighted by molar-refractivity contribution is 0.567. The zero-order valence-electron chi connectivity index (χ0n) is 10.9. The maximum Gasteiger partial charge on any atom is 0.241 e. The molecule has 0 aliphatic heterocycles. The number of nitrogens with two attached hydrogens (primary N) is 1. The Labute approximate surface area is 123 Å². The van der Waals surface area contributed by atoms with E-state index >= 15 is 0 Å². The molecule has 4 nitrogen and oxygen atoms in total. The first-order valence-electron chi connectivity index (χ1n) is 6.02. The van der Waals surface area contributed by atoms with Crippen molar-refractivity contribution in [2.24, 2.45) is 0 Å². The van der Waals surface area contributed by atoms with Gasteiger partial charge in [0, 0.05) is 6.04 Å². The van der Waals surface area contributed by atoms with Gasteiger partial charge in [0.2, 0.25) is 10.0 Å². The minimum Gasteiger partial charge on any atom is -0.398 e. The Kier molecular flexibility index (Phi) is 4.32. The van der Waals surface area contributed by atoms with E-state index in [2.05, 4.69) is 4.72 Å². The Balaban J connectivity index is 2.25. The summed E-state index contributed by atoms with van der Waals surface area (Å²) in [7, 11) is -3.64. The Morgan fingerprint density at radius 2 is 1.80 bits per heavy atom. The minimum atomic E-state index is -3.64. The van der Waals surface area contributed by atoms with E-state index in [1.165, 1.54) is 18.2 Å². The van der Waals surface area contributed by atoms with Gasteiger partial charge in [-0.2, -0.15) is 0 Å². The van der Waals surface area contributed by atoms with Crippen molar-refractivity contribution < 1.29 is 8.42 Å². The molecular weight excluding hydrogens is 296 g/mol. The van der Waals surface area contributed by atoms with Crippen LogP contribution in [0.4, 0.5) is 5.69 Å². The summed E-state index contributed by atoms with van der Waals surface area (Å²) in [6.45, 7) is 1.78. The zero-order chi connectivity index (χ0) is 14.8. The van der Waals surface area contributed by atoms with Crippen LogP contribution in [0.25, 0.3) is 0 Å². The molecular formula is C14H15ClN2O2S. The van der Waals surface area contributed by atoms with E-state index in [9.17, 15) is 8.42 Å². The first kappa shape index (κ1) is 14.8. The van der Waals surface area contributed by atoms with Gasteiger partial charge in [-0.3, -0.25) is 0 Å². The molecule has 0 aliphatic rings. The third-order valence-corrected chi connectivity index (χ3v) is 4.78. The van der Waals surface area contributed by atoms with Gasteiger partial charge in [-0.05, 0) is 30.7 Å². The van der Waals surface area contributed by atoms with Crippen LogP contribution in [-0.2, 0) is 10.0 Å². The van der Waals surface area contributed by atoms with Crippen molar-refractivity contribution in [3.05, 3.63) is 59.1 Å². The summed E-state index contributed by atoms with van der Waals surface area (Å²) in [5.41, 5.74) is 6.81. The van der Waals surface area contributed by atoms with E-state index < -0.39 is 10.0 Å². The quantitative estimate of drug-likeness (QED) is 0.853. The lowest BCUT2D eigenvalue weighted by Crippen LogP contribution is -2.26. The molecule has 0 spiro atoms. The van der Waals surface area contributed by atoms with Crippen molar-refractivity contribution in [2.75, 3.05) is 5.73 Å². The molecule has 106 valence electrons. The maximum atomic E-state index is 12.3. The fraction of sp³-hybridized carbons (Fsp3) is 0.143. The second-order valence-corrected chi connectivity index (χ2v) is 6.56. The number of halogens is 1. The molecule has 2 aromatic rings. The van der Waals surface area contributed by atoms with Crippen LogP contribution < -0.4 is 10.5 Å². The summed E-state index contributed by atoms with van der Waals surface area (Å²) in [4.78, 5) is 0.0967. The van der Waals surface area contributed by atoms with Gasteiger partial charge >= 0.3 is 0 Å². The second kappa shape index (κ2) is 5.83. The molecule has 0 saturated carbocycles. The Morgan fingerprint density at radius 3 is 2.40 bits per heavy atom. The molecule has 0 radical (unpaired) electrons. The molecule has 1 unspecified atom stereocenters. The molecule has 0 aromatic heterocycles. The minimum absolute atomic E-state index is 0.0967. The van der Waals surface area contributed by atoms with Gasteiger partial charge in [0.1, 0.15) is 0 Å². The Hall–Kier alpha value is -1.56. The molecule has 20 heavy (non-hydrogen) atoms. The maximum absolute atomic E-state index is 12.3. The normalized spacial score (nSPS) is 13.1. The predicted molar refractivity (Wildman–Crippen MR) is 81.0 cm³/mol. The van der Waals surface area contributed by atoms with Crippen LogP contribution in [-0.4, -0.2) is 8.42 Å². The van der Waals surface area contributed by atoms with E-state index in [0.717, 1.165) is 5.56 Å². The van der Waals surface area contributed by atoms with Gasteiger partial charge in [-0.15, -0.1) is 0 Å². The lowest BCUT2D eigenvalue weighted by Gasteiger charge is -2.15. The molecule has 0 saturated heterocycles. The lowest BCUT2D eigenvalue weighted by atomic mass is 10.1. The number of hydrogen-bond acceptors (Lipinski definition) is 3. The number of hydrogen-bond donors (Lipinski definition) is 2.